The van der Waals surface area contributed by atoms with Crippen molar-refractivity contribution in [2.75, 3.05) is 31.9 Å². The van der Waals surface area contributed by atoms with Crippen molar-refractivity contribution >= 4 is 36.4 Å². The number of nitrogens with zero attached hydrogens (tertiary/aromatic N) is 3. The first kappa shape index (κ1) is 21.3. The number of nitrogens with two attached hydrogens (primary N) is 1. The summed E-state index contributed by atoms with van der Waals surface area (Å²) in [5, 5.41) is 3.99. The molecule has 8 heteroatoms. The molecule has 1 fully saturated rings. The second-order valence-electron chi connectivity index (χ2n) is 5.96. The number of nitrogen functional groups attached to an aromatic ring is 1. The molecule has 0 aliphatic carbocycles. The van der Waals surface area contributed by atoms with E-state index in [9.17, 15) is 4.79 Å². The molecule has 2 N–H and O–H groups in total. The van der Waals surface area contributed by atoms with Crippen molar-refractivity contribution in [3.05, 3.63) is 46.8 Å². The summed E-state index contributed by atoms with van der Waals surface area (Å²) >= 11 is 0. The van der Waals surface area contributed by atoms with Crippen LogP contribution in [-0.4, -0.2) is 47.0 Å². The highest BCUT2D eigenvalue weighted by Gasteiger charge is 2.24. The normalized spacial score (nSPS) is 14.6. The molecule has 0 atom stereocenters. The van der Waals surface area contributed by atoms with E-state index < -0.39 is 0 Å². The van der Waals surface area contributed by atoms with Gasteiger partial charge in [-0.2, -0.15) is 0 Å². The number of carbonyl (C=O) groups excluding carboxylic acids is 1. The number of hydrogen-bond donors (Lipinski definition) is 1. The Kier molecular flexibility index (Phi) is 7.73. The number of carbonyl (C=O) groups is 1. The standard InChI is InChI=1S/C17H22N4O2.2ClH/c1-12-15(13(2)23-19-12)11-20-7-9-21(10-8-20)17(22)14-5-3-4-6-16(14)18;;/h3-6H,7-11,18H2,1-2H3;2*1H. The number of amides is 1. The van der Waals surface area contributed by atoms with E-state index >= 15 is 0 Å². The zero-order chi connectivity index (χ0) is 16.4. The van der Waals surface area contributed by atoms with Crippen LogP contribution in [0.4, 0.5) is 5.69 Å². The molecule has 6 nitrogen and oxygen atoms in total. The van der Waals surface area contributed by atoms with E-state index in [0.717, 1.165) is 36.7 Å². The van der Waals surface area contributed by atoms with Gasteiger partial charge in [0.2, 0.25) is 0 Å². The van der Waals surface area contributed by atoms with E-state index in [4.69, 9.17) is 10.3 Å². The first-order valence-corrected chi connectivity index (χ1v) is 7.84. The second-order valence-corrected chi connectivity index (χ2v) is 5.96. The van der Waals surface area contributed by atoms with Crippen LogP contribution in [0.1, 0.15) is 27.4 Å². The van der Waals surface area contributed by atoms with Gasteiger partial charge in [-0.1, -0.05) is 17.3 Å². The number of benzene rings is 1. The third kappa shape index (κ3) is 4.66. The van der Waals surface area contributed by atoms with Crippen LogP contribution in [0.2, 0.25) is 0 Å². The first-order chi connectivity index (χ1) is 11.1. The number of aryl methyl sites for hydroxylation is 2. The minimum Gasteiger partial charge on any atom is -0.398 e. The third-order valence-corrected chi connectivity index (χ3v) is 4.41. The summed E-state index contributed by atoms with van der Waals surface area (Å²) in [7, 11) is 0. The molecule has 0 saturated carbocycles. The highest BCUT2D eigenvalue weighted by atomic mass is 35.5. The average molecular weight is 387 g/mol. The quantitative estimate of drug-likeness (QED) is 0.820. The predicted octanol–water partition coefficient (Wildman–Crippen LogP) is 2.68. The maximum Gasteiger partial charge on any atom is 0.256 e. The molecule has 0 unspecified atom stereocenters. The summed E-state index contributed by atoms with van der Waals surface area (Å²) in [5.41, 5.74) is 9.12. The summed E-state index contributed by atoms with van der Waals surface area (Å²) in [6.45, 7) is 7.80. The summed E-state index contributed by atoms with van der Waals surface area (Å²) in [5.74, 6) is 0.887. The first-order valence-electron chi connectivity index (χ1n) is 7.84. The van der Waals surface area contributed by atoms with Crippen LogP contribution in [0.15, 0.2) is 28.8 Å². The van der Waals surface area contributed by atoms with Crippen molar-refractivity contribution in [2.24, 2.45) is 0 Å². The van der Waals surface area contributed by atoms with Crippen molar-refractivity contribution < 1.29 is 9.32 Å². The van der Waals surface area contributed by atoms with Gasteiger partial charge in [0.05, 0.1) is 11.3 Å². The molecule has 0 bridgehead atoms. The van der Waals surface area contributed by atoms with E-state index in [2.05, 4.69) is 10.1 Å². The van der Waals surface area contributed by atoms with Crippen LogP contribution in [0.3, 0.4) is 0 Å². The fraction of sp³-hybridized carbons (Fsp3) is 0.412. The van der Waals surface area contributed by atoms with E-state index in [1.807, 2.05) is 30.9 Å². The molecule has 1 saturated heterocycles. The van der Waals surface area contributed by atoms with Crippen molar-refractivity contribution in [1.82, 2.24) is 15.0 Å². The van der Waals surface area contributed by atoms with Crippen LogP contribution in [0.5, 0.6) is 0 Å². The Balaban J connectivity index is 0.00000156. The summed E-state index contributed by atoms with van der Waals surface area (Å²) in [4.78, 5) is 16.7. The van der Waals surface area contributed by atoms with Crippen LogP contribution < -0.4 is 5.73 Å². The zero-order valence-corrected chi connectivity index (χ0v) is 16.0. The Morgan fingerprint density at radius 3 is 2.36 bits per heavy atom. The van der Waals surface area contributed by atoms with Crippen molar-refractivity contribution in [1.29, 1.82) is 0 Å². The summed E-state index contributed by atoms with van der Waals surface area (Å²) in [6.07, 6.45) is 0. The van der Waals surface area contributed by atoms with Gasteiger partial charge in [0.15, 0.2) is 0 Å². The third-order valence-electron chi connectivity index (χ3n) is 4.41. The van der Waals surface area contributed by atoms with Gasteiger partial charge in [-0.3, -0.25) is 9.69 Å². The van der Waals surface area contributed by atoms with Crippen LogP contribution in [-0.2, 0) is 6.54 Å². The van der Waals surface area contributed by atoms with Gasteiger partial charge in [-0.15, -0.1) is 24.8 Å². The lowest BCUT2D eigenvalue weighted by molar-refractivity contribution is 0.0628. The van der Waals surface area contributed by atoms with Gasteiger partial charge in [-0.05, 0) is 26.0 Å². The van der Waals surface area contributed by atoms with E-state index in [0.29, 0.717) is 24.3 Å². The largest absolute Gasteiger partial charge is 0.398 e. The fourth-order valence-corrected chi connectivity index (χ4v) is 2.92. The Labute approximate surface area is 160 Å². The Hall–Kier alpha value is -1.76. The lowest BCUT2D eigenvalue weighted by Crippen LogP contribution is -2.48. The molecule has 0 radical (unpaired) electrons. The lowest BCUT2D eigenvalue weighted by Gasteiger charge is -2.34. The minimum atomic E-state index is 0. The molecule has 0 spiro atoms. The molecule has 1 aromatic carbocycles. The zero-order valence-electron chi connectivity index (χ0n) is 14.4. The minimum absolute atomic E-state index is 0. The lowest BCUT2D eigenvalue weighted by atomic mass is 10.1. The van der Waals surface area contributed by atoms with Crippen LogP contribution in [0, 0.1) is 13.8 Å². The molecular weight excluding hydrogens is 363 g/mol. The number of anilines is 1. The van der Waals surface area contributed by atoms with Crippen LogP contribution >= 0.6 is 24.8 Å². The van der Waals surface area contributed by atoms with Crippen molar-refractivity contribution in [3.8, 4) is 0 Å². The topological polar surface area (TPSA) is 75.6 Å². The molecule has 1 aliphatic heterocycles. The van der Waals surface area contributed by atoms with Gasteiger partial charge in [0.1, 0.15) is 5.76 Å². The number of aromatic nitrogens is 1. The van der Waals surface area contributed by atoms with Crippen molar-refractivity contribution in [3.63, 3.8) is 0 Å². The van der Waals surface area contributed by atoms with E-state index in [1.165, 1.54) is 0 Å². The van der Waals surface area contributed by atoms with Crippen molar-refractivity contribution in [2.45, 2.75) is 20.4 Å². The van der Waals surface area contributed by atoms with Gasteiger partial charge in [0.25, 0.3) is 5.91 Å². The Morgan fingerprint density at radius 2 is 1.80 bits per heavy atom. The molecular formula is C17H24Cl2N4O2. The summed E-state index contributed by atoms with van der Waals surface area (Å²) in [6, 6.07) is 7.24. The average Bonchev–Trinajstić information content (AvgIpc) is 2.87. The highest BCUT2D eigenvalue weighted by molar-refractivity contribution is 5.99. The van der Waals surface area contributed by atoms with Gasteiger partial charge in [0, 0.05) is 44.0 Å². The molecule has 2 aromatic rings. The SMILES string of the molecule is Cc1noc(C)c1CN1CCN(C(=O)c2ccccc2N)CC1.Cl.Cl. The molecule has 3 rings (SSSR count). The highest BCUT2D eigenvalue weighted by Crippen LogP contribution is 2.18. The molecule has 1 aliphatic rings. The van der Waals surface area contributed by atoms with Crippen LogP contribution in [0.25, 0.3) is 0 Å². The second kappa shape index (κ2) is 9.08. The Morgan fingerprint density at radius 1 is 1.16 bits per heavy atom. The smallest absolute Gasteiger partial charge is 0.256 e. The number of hydrogen-bond acceptors (Lipinski definition) is 5. The number of halogens is 2. The van der Waals surface area contributed by atoms with E-state index in [1.54, 1.807) is 12.1 Å². The molecule has 1 aromatic heterocycles. The molecule has 2 heterocycles. The number of rotatable bonds is 3. The van der Waals surface area contributed by atoms with Gasteiger partial charge >= 0.3 is 0 Å². The van der Waals surface area contributed by atoms with Gasteiger partial charge < -0.3 is 15.2 Å². The number of para-hydroxylation sites is 1. The maximum atomic E-state index is 12.6. The maximum absolute atomic E-state index is 12.6. The summed E-state index contributed by atoms with van der Waals surface area (Å²) < 4.78 is 5.21. The predicted molar refractivity (Wildman–Crippen MR) is 103 cm³/mol. The fourth-order valence-electron chi connectivity index (χ4n) is 2.92. The number of piperazine rings is 1. The Bertz CT molecular complexity index is 693. The molecule has 25 heavy (non-hydrogen) atoms. The van der Waals surface area contributed by atoms with E-state index in [-0.39, 0.29) is 30.7 Å². The molecule has 138 valence electrons. The molecule has 1 amide bonds. The monoisotopic (exact) mass is 386 g/mol. The van der Waals surface area contributed by atoms with Gasteiger partial charge in [-0.25, -0.2) is 0 Å².